The fraction of sp³-hybridized carbons (Fsp3) is 0.600. The van der Waals surface area contributed by atoms with Gasteiger partial charge in [-0.3, -0.25) is 0 Å². The first-order valence-electron chi connectivity index (χ1n) is 2.66. The molecule has 0 aromatic carbocycles. The van der Waals surface area contributed by atoms with Gasteiger partial charge in [0, 0.05) is 0 Å². The smallest absolute Gasteiger partial charge is 0.243 e. The van der Waals surface area contributed by atoms with E-state index >= 15 is 0 Å². The van der Waals surface area contributed by atoms with Gasteiger partial charge in [0.25, 0.3) is 0 Å². The summed E-state index contributed by atoms with van der Waals surface area (Å²) in [6.07, 6.45) is -2.42. The summed E-state index contributed by atoms with van der Waals surface area (Å²) in [6, 6.07) is 0. The largest absolute Gasteiger partial charge is 0.512 e. The van der Waals surface area contributed by atoms with E-state index in [1.807, 2.05) is 0 Å². The molecular formula is C5H11O5+. The summed E-state index contributed by atoms with van der Waals surface area (Å²) < 4.78 is 0. The molecule has 2 atom stereocenters. The second kappa shape index (κ2) is 4.10. The minimum atomic E-state index is -1.38. The van der Waals surface area contributed by atoms with Gasteiger partial charge in [0.2, 0.25) is 11.9 Å². The first-order chi connectivity index (χ1) is 4.63. The van der Waals surface area contributed by atoms with E-state index in [9.17, 15) is 0 Å². The van der Waals surface area contributed by atoms with Crippen LogP contribution in [0.2, 0.25) is 0 Å². The standard InChI is InChI=1S/C5H10O5/c6-1-3(8)5(10)4(9)2-7/h1,4-10H,2H2/p+1. The van der Waals surface area contributed by atoms with E-state index in [-0.39, 0.29) is 0 Å². The lowest BCUT2D eigenvalue weighted by Gasteiger charge is -2.08. The number of hydrogen-bond donors (Lipinski definition) is 4. The first-order valence-corrected chi connectivity index (χ1v) is 2.66. The molecule has 0 aliphatic carbocycles. The number of aliphatic hydroxyl groups excluding tert-OH is 4. The van der Waals surface area contributed by atoms with Crippen LogP contribution in [0.25, 0.3) is 0 Å². The summed E-state index contributed by atoms with van der Waals surface area (Å²) in [5.74, 6) is -0.665. The minimum absolute atomic E-state index is 0.316. The van der Waals surface area contributed by atoms with Gasteiger partial charge in [-0.1, -0.05) is 0 Å². The van der Waals surface area contributed by atoms with Crippen LogP contribution < -0.4 is 0 Å². The SMILES string of the molecule is OC=C(O)C([OH2+])C(O)CO. The van der Waals surface area contributed by atoms with Gasteiger partial charge in [0.1, 0.15) is 6.26 Å². The Morgan fingerprint density at radius 2 is 2.10 bits per heavy atom. The third-order valence-electron chi connectivity index (χ3n) is 1.02. The summed E-state index contributed by atoms with van der Waals surface area (Å²) in [7, 11) is 0. The summed E-state index contributed by atoms with van der Waals surface area (Å²) >= 11 is 0. The zero-order valence-corrected chi connectivity index (χ0v) is 5.23. The fourth-order valence-corrected chi connectivity index (χ4v) is 0.383. The van der Waals surface area contributed by atoms with Crippen LogP contribution in [0.5, 0.6) is 0 Å². The molecule has 0 amide bonds. The van der Waals surface area contributed by atoms with Crippen LogP contribution in [0.1, 0.15) is 0 Å². The van der Waals surface area contributed by atoms with Crippen molar-refractivity contribution in [2.75, 3.05) is 6.61 Å². The van der Waals surface area contributed by atoms with E-state index in [1.165, 1.54) is 0 Å². The zero-order valence-electron chi connectivity index (χ0n) is 5.23. The van der Waals surface area contributed by atoms with Crippen LogP contribution in [0.3, 0.4) is 0 Å². The predicted octanol–water partition coefficient (Wildman–Crippen LogP) is -1.61. The summed E-state index contributed by atoms with van der Waals surface area (Å²) in [6.45, 7) is -0.619. The molecule has 0 aromatic heterocycles. The highest BCUT2D eigenvalue weighted by molar-refractivity contribution is 4.95. The van der Waals surface area contributed by atoms with Crippen LogP contribution in [-0.4, -0.2) is 44.3 Å². The van der Waals surface area contributed by atoms with Crippen molar-refractivity contribution in [3.63, 3.8) is 0 Å². The van der Waals surface area contributed by atoms with Gasteiger partial charge in [0.15, 0.2) is 6.10 Å². The van der Waals surface area contributed by atoms with Gasteiger partial charge in [-0.15, -0.1) is 0 Å². The molecule has 10 heavy (non-hydrogen) atoms. The molecule has 6 N–H and O–H groups in total. The third kappa shape index (κ3) is 2.22. The Kier molecular flexibility index (Phi) is 3.78. The molecule has 0 aliphatic heterocycles. The van der Waals surface area contributed by atoms with E-state index in [0.29, 0.717) is 6.26 Å². The maximum Gasteiger partial charge on any atom is 0.243 e. The Labute approximate surface area is 57.5 Å². The molecule has 0 spiro atoms. The fourth-order valence-electron chi connectivity index (χ4n) is 0.383. The average molecular weight is 151 g/mol. The molecule has 0 radical (unpaired) electrons. The van der Waals surface area contributed by atoms with Crippen molar-refractivity contribution >= 4 is 0 Å². The molecule has 0 bridgehead atoms. The molecule has 5 nitrogen and oxygen atoms in total. The Morgan fingerprint density at radius 3 is 2.40 bits per heavy atom. The second-order valence-electron chi connectivity index (χ2n) is 1.78. The van der Waals surface area contributed by atoms with E-state index < -0.39 is 24.6 Å². The highest BCUT2D eigenvalue weighted by Crippen LogP contribution is 2.01. The molecule has 0 saturated carbocycles. The average Bonchev–Trinajstić information content (AvgIpc) is 2.00. The highest BCUT2D eigenvalue weighted by Gasteiger charge is 2.24. The monoisotopic (exact) mass is 151 g/mol. The number of hydrogen-bond acceptors (Lipinski definition) is 4. The van der Waals surface area contributed by atoms with Crippen molar-refractivity contribution in [3.05, 3.63) is 12.0 Å². The topological polar surface area (TPSA) is 104 Å². The van der Waals surface area contributed by atoms with E-state index in [4.69, 9.17) is 25.5 Å². The van der Waals surface area contributed by atoms with Gasteiger partial charge in [0.05, 0.1) is 6.61 Å². The zero-order chi connectivity index (χ0) is 8.15. The molecule has 5 heteroatoms. The van der Waals surface area contributed by atoms with E-state index in [2.05, 4.69) is 0 Å². The minimum Gasteiger partial charge on any atom is -0.512 e. The van der Waals surface area contributed by atoms with Crippen molar-refractivity contribution in [3.8, 4) is 0 Å². The van der Waals surface area contributed by atoms with Crippen LogP contribution in [0.15, 0.2) is 12.0 Å². The second-order valence-corrected chi connectivity index (χ2v) is 1.78. The summed E-state index contributed by atoms with van der Waals surface area (Å²) in [5, 5.41) is 40.5. The van der Waals surface area contributed by atoms with Crippen molar-refractivity contribution in [1.29, 1.82) is 0 Å². The molecule has 0 aromatic rings. The van der Waals surface area contributed by atoms with Gasteiger partial charge in [-0.05, 0) is 0 Å². The Morgan fingerprint density at radius 1 is 1.60 bits per heavy atom. The van der Waals surface area contributed by atoms with Gasteiger partial charge >= 0.3 is 0 Å². The molecule has 2 unspecified atom stereocenters. The van der Waals surface area contributed by atoms with Crippen molar-refractivity contribution in [1.82, 2.24) is 0 Å². The molecule has 0 aliphatic rings. The van der Waals surface area contributed by atoms with E-state index in [0.717, 1.165) is 0 Å². The van der Waals surface area contributed by atoms with Gasteiger partial charge < -0.3 is 25.5 Å². The van der Waals surface area contributed by atoms with Crippen molar-refractivity contribution in [2.24, 2.45) is 0 Å². The Hall–Kier alpha value is -0.780. The first kappa shape index (κ1) is 9.22. The molecular weight excluding hydrogens is 140 g/mol. The number of rotatable bonds is 3. The quantitative estimate of drug-likeness (QED) is 0.288. The normalized spacial score (nSPS) is 18.5. The van der Waals surface area contributed by atoms with Crippen LogP contribution >= 0.6 is 0 Å². The lowest BCUT2D eigenvalue weighted by atomic mass is 10.2. The Bertz CT molecular complexity index is 121. The third-order valence-corrected chi connectivity index (χ3v) is 1.02. The van der Waals surface area contributed by atoms with Crippen LogP contribution in [-0.2, 0) is 0 Å². The van der Waals surface area contributed by atoms with Crippen LogP contribution in [0.4, 0.5) is 0 Å². The summed E-state index contributed by atoms with van der Waals surface area (Å²) in [5.41, 5.74) is 0. The van der Waals surface area contributed by atoms with E-state index in [1.54, 1.807) is 0 Å². The van der Waals surface area contributed by atoms with Gasteiger partial charge in [-0.2, -0.15) is 0 Å². The molecule has 0 fully saturated rings. The molecule has 0 rings (SSSR count). The Balaban J connectivity index is 3.94. The summed E-state index contributed by atoms with van der Waals surface area (Å²) in [4.78, 5) is 0. The lowest BCUT2D eigenvalue weighted by molar-refractivity contribution is -0.0151. The van der Waals surface area contributed by atoms with Crippen LogP contribution in [0, 0.1) is 0 Å². The lowest BCUT2D eigenvalue weighted by Crippen LogP contribution is -2.30. The van der Waals surface area contributed by atoms with Crippen molar-refractivity contribution < 1.29 is 25.5 Å². The van der Waals surface area contributed by atoms with Gasteiger partial charge in [-0.25, -0.2) is 0 Å². The molecule has 0 heterocycles. The molecule has 60 valence electrons. The maximum atomic E-state index is 8.68. The maximum absolute atomic E-state index is 8.68. The molecule has 0 saturated heterocycles. The number of aliphatic hydroxyl groups is 4. The van der Waals surface area contributed by atoms with Crippen molar-refractivity contribution in [2.45, 2.75) is 12.2 Å². The highest BCUT2D eigenvalue weighted by atomic mass is 16.4. The predicted molar refractivity (Wildman–Crippen MR) is 33.8 cm³/mol.